The quantitative estimate of drug-likeness (QED) is 0.332. The van der Waals surface area contributed by atoms with Gasteiger partial charge >= 0.3 is 5.97 Å². The lowest BCUT2D eigenvalue weighted by Crippen LogP contribution is -2.32. The predicted molar refractivity (Wildman–Crippen MR) is 110 cm³/mol. The van der Waals surface area contributed by atoms with Gasteiger partial charge in [0, 0.05) is 0 Å². The zero-order valence-corrected chi connectivity index (χ0v) is 17.8. The summed E-state index contributed by atoms with van der Waals surface area (Å²) in [6.45, 7) is 2.15. The van der Waals surface area contributed by atoms with Crippen molar-refractivity contribution in [3.05, 3.63) is 57.6 Å². The highest BCUT2D eigenvalue weighted by molar-refractivity contribution is 7.89. The Labute approximate surface area is 178 Å². The number of ether oxygens (including phenoxy) is 2. The van der Waals surface area contributed by atoms with E-state index in [0.717, 1.165) is 17.2 Å². The van der Waals surface area contributed by atoms with Crippen LogP contribution in [-0.2, 0) is 24.3 Å². The fourth-order valence-corrected chi connectivity index (χ4v) is 3.45. The number of aryl methyl sites for hydroxylation is 2. The molecule has 0 bridgehead atoms. The van der Waals surface area contributed by atoms with E-state index in [1.165, 1.54) is 31.4 Å². The average Bonchev–Trinajstić information content (AvgIpc) is 2.72. The molecule has 12 heteroatoms. The molecule has 11 nitrogen and oxygen atoms in total. The van der Waals surface area contributed by atoms with Crippen LogP contribution in [0.1, 0.15) is 11.1 Å². The average molecular weight is 451 g/mol. The summed E-state index contributed by atoms with van der Waals surface area (Å²) in [6, 6.07) is 8.34. The fourth-order valence-electron chi connectivity index (χ4n) is 2.40. The second kappa shape index (κ2) is 10.00. The Bertz CT molecular complexity index is 1120. The summed E-state index contributed by atoms with van der Waals surface area (Å²) in [5, 5.41) is 13.4. The van der Waals surface area contributed by atoms with Gasteiger partial charge in [0.05, 0.1) is 23.0 Å². The van der Waals surface area contributed by atoms with Crippen molar-refractivity contribution in [1.82, 2.24) is 4.72 Å². The number of nitro groups is 1. The first-order valence-electron chi connectivity index (χ1n) is 8.88. The van der Waals surface area contributed by atoms with E-state index in [1.54, 1.807) is 13.0 Å². The molecule has 0 aliphatic heterocycles. The number of amides is 1. The van der Waals surface area contributed by atoms with Crippen LogP contribution < -0.4 is 14.8 Å². The summed E-state index contributed by atoms with van der Waals surface area (Å²) in [5.74, 6) is -1.60. The maximum atomic E-state index is 12.3. The zero-order chi connectivity index (χ0) is 23.2. The van der Waals surface area contributed by atoms with Crippen molar-refractivity contribution in [3.8, 4) is 5.75 Å². The first-order valence-corrected chi connectivity index (χ1v) is 10.4. The van der Waals surface area contributed by atoms with Gasteiger partial charge in [0.15, 0.2) is 6.61 Å². The number of rotatable bonds is 9. The fraction of sp³-hybridized carbons (Fsp3) is 0.263. The molecule has 0 aliphatic carbocycles. The number of carbonyl (C=O) groups is 2. The Kier molecular flexibility index (Phi) is 7.67. The van der Waals surface area contributed by atoms with Gasteiger partial charge in [-0.2, -0.15) is 4.72 Å². The second-order valence-corrected chi connectivity index (χ2v) is 8.19. The smallest absolute Gasteiger partial charge is 0.321 e. The molecule has 0 saturated carbocycles. The molecule has 0 atom stereocenters. The lowest BCUT2D eigenvalue weighted by atomic mass is 10.1. The number of methoxy groups -OCH3 is 1. The molecule has 0 radical (unpaired) electrons. The Morgan fingerprint density at radius 1 is 1.10 bits per heavy atom. The van der Waals surface area contributed by atoms with Gasteiger partial charge in [0.2, 0.25) is 10.0 Å². The van der Waals surface area contributed by atoms with Gasteiger partial charge < -0.3 is 14.8 Å². The minimum Gasteiger partial charge on any atom is -0.496 e. The number of hydrogen-bond acceptors (Lipinski definition) is 8. The Hall–Kier alpha value is -3.51. The number of esters is 1. The molecular weight excluding hydrogens is 430 g/mol. The topological polar surface area (TPSA) is 154 Å². The second-order valence-electron chi connectivity index (χ2n) is 6.42. The van der Waals surface area contributed by atoms with Gasteiger partial charge in [0.25, 0.3) is 11.6 Å². The lowest BCUT2D eigenvalue weighted by Gasteiger charge is -2.10. The molecule has 2 rings (SSSR count). The largest absolute Gasteiger partial charge is 0.496 e. The highest BCUT2D eigenvalue weighted by Crippen LogP contribution is 2.28. The number of nitrogens with one attached hydrogen (secondary N) is 2. The highest BCUT2D eigenvalue weighted by atomic mass is 32.2. The Morgan fingerprint density at radius 3 is 2.42 bits per heavy atom. The summed E-state index contributed by atoms with van der Waals surface area (Å²) in [6.07, 6.45) is 0. The van der Waals surface area contributed by atoms with E-state index in [2.05, 4.69) is 10.0 Å². The Morgan fingerprint density at radius 2 is 1.81 bits per heavy atom. The van der Waals surface area contributed by atoms with Gasteiger partial charge in [-0.05, 0) is 49.2 Å². The number of benzene rings is 2. The number of hydrogen-bond donors (Lipinski definition) is 2. The van der Waals surface area contributed by atoms with E-state index < -0.39 is 45.7 Å². The summed E-state index contributed by atoms with van der Waals surface area (Å²) in [7, 11) is -2.60. The number of carbonyl (C=O) groups excluding carboxylic acids is 2. The third-order valence-corrected chi connectivity index (χ3v) is 5.63. The van der Waals surface area contributed by atoms with Crippen LogP contribution in [0.15, 0.2) is 41.3 Å². The van der Waals surface area contributed by atoms with Crippen LogP contribution in [0.3, 0.4) is 0 Å². The molecule has 2 aromatic rings. The first kappa shape index (κ1) is 23.8. The van der Waals surface area contributed by atoms with E-state index in [-0.39, 0.29) is 16.3 Å². The predicted octanol–water partition coefficient (Wildman–Crippen LogP) is 1.68. The molecule has 31 heavy (non-hydrogen) atoms. The molecule has 0 fully saturated rings. The van der Waals surface area contributed by atoms with E-state index >= 15 is 0 Å². The van der Waals surface area contributed by atoms with E-state index in [0.29, 0.717) is 0 Å². The van der Waals surface area contributed by atoms with Crippen LogP contribution in [0.4, 0.5) is 11.4 Å². The molecule has 166 valence electrons. The van der Waals surface area contributed by atoms with E-state index in [9.17, 15) is 28.1 Å². The van der Waals surface area contributed by atoms with Gasteiger partial charge in [0.1, 0.15) is 18.0 Å². The molecule has 0 saturated heterocycles. The number of nitrogens with zero attached hydrogens (tertiary/aromatic N) is 1. The number of sulfonamides is 1. The van der Waals surface area contributed by atoms with Crippen LogP contribution >= 0.6 is 0 Å². The highest BCUT2D eigenvalue weighted by Gasteiger charge is 2.19. The molecule has 0 spiro atoms. The number of nitro benzene ring substituents is 1. The lowest BCUT2D eigenvalue weighted by molar-refractivity contribution is -0.384. The third-order valence-electron chi connectivity index (χ3n) is 4.24. The SMILES string of the molecule is COc1ccc(NC(=O)COC(=O)CNS(=O)(=O)c2ccc(C)c(C)c2)c([N+](=O)[O-])c1. The van der Waals surface area contributed by atoms with Crippen LogP contribution in [-0.4, -0.2) is 45.5 Å². The van der Waals surface area contributed by atoms with Crippen molar-refractivity contribution in [2.75, 3.05) is 25.6 Å². The minimum atomic E-state index is -3.94. The number of anilines is 1. The van der Waals surface area contributed by atoms with Crippen LogP contribution in [0.25, 0.3) is 0 Å². The minimum absolute atomic E-state index is 0.00652. The van der Waals surface area contributed by atoms with Crippen molar-refractivity contribution in [2.45, 2.75) is 18.7 Å². The Balaban J connectivity index is 1.90. The van der Waals surface area contributed by atoms with Crippen molar-refractivity contribution in [2.24, 2.45) is 0 Å². The van der Waals surface area contributed by atoms with Crippen LogP contribution in [0, 0.1) is 24.0 Å². The maximum absolute atomic E-state index is 12.3. The molecule has 2 aromatic carbocycles. The first-order chi connectivity index (χ1) is 14.5. The summed E-state index contributed by atoms with van der Waals surface area (Å²) >= 11 is 0. The van der Waals surface area contributed by atoms with Crippen molar-refractivity contribution >= 4 is 33.3 Å². The summed E-state index contributed by atoms with van der Waals surface area (Å²) < 4.78 is 36.2. The van der Waals surface area contributed by atoms with Crippen molar-refractivity contribution < 1.29 is 32.4 Å². The van der Waals surface area contributed by atoms with E-state index in [1.807, 2.05) is 6.92 Å². The van der Waals surface area contributed by atoms with Crippen LogP contribution in [0.2, 0.25) is 0 Å². The monoisotopic (exact) mass is 451 g/mol. The molecular formula is C19H21N3O8S. The molecule has 0 heterocycles. The molecule has 0 aliphatic rings. The van der Waals surface area contributed by atoms with Gasteiger partial charge in [-0.3, -0.25) is 19.7 Å². The maximum Gasteiger partial charge on any atom is 0.321 e. The third kappa shape index (κ3) is 6.49. The molecule has 0 unspecified atom stereocenters. The van der Waals surface area contributed by atoms with Crippen LogP contribution in [0.5, 0.6) is 5.75 Å². The van der Waals surface area contributed by atoms with E-state index in [4.69, 9.17) is 9.47 Å². The van der Waals surface area contributed by atoms with Gasteiger partial charge in [-0.15, -0.1) is 0 Å². The standard InChI is InChI=1S/C19H21N3O8S/c1-12-4-6-15(8-13(12)2)31(27,28)20-10-19(24)30-11-18(23)21-16-7-5-14(29-3)9-17(16)22(25)26/h4-9,20H,10-11H2,1-3H3,(H,21,23). The summed E-state index contributed by atoms with van der Waals surface area (Å²) in [4.78, 5) is 34.2. The molecule has 2 N–H and O–H groups in total. The summed E-state index contributed by atoms with van der Waals surface area (Å²) in [5.41, 5.74) is 1.18. The van der Waals surface area contributed by atoms with Crippen molar-refractivity contribution in [1.29, 1.82) is 0 Å². The molecule has 0 aromatic heterocycles. The van der Waals surface area contributed by atoms with Crippen molar-refractivity contribution in [3.63, 3.8) is 0 Å². The van der Waals surface area contributed by atoms with Gasteiger partial charge in [-0.1, -0.05) is 6.07 Å². The molecule has 1 amide bonds. The van der Waals surface area contributed by atoms with Gasteiger partial charge in [-0.25, -0.2) is 8.42 Å². The normalized spacial score (nSPS) is 10.9. The zero-order valence-electron chi connectivity index (χ0n) is 17.0.